The number of fused-ring (bicyclic) bond motifs is 3. The van der Waals surface area contributed by atoms with E-state index in [4.69, 9.17) is 27.5 Å². The molecule has 7 rings (SSSR count). The third kappa shape index (κ3) is 5.06. The van der Waals surface area contributed by atoms with E-state index in [9.17, 15) is 34.8 Å². The third-order valence-corrected chi connectivity index (χ3v) is 7.72. The van der Waals surface area contributed by atoms with Crippen LogP contribution in [0.25, 0.3) is 44.0 Å². The van der Waals surface area contributed by atoms with Crippen molar-refractivity contribution in [2.75, 3.05) is 0 Å². The zero-order valence-corrected chi connectivity index (χ0v) is 23.8. The summed E-state index contributed by atoms with van der Waals surface area (Å²) in [4.78, 5) is 37.3. The first-order chi connectivity index (χ1) is 22.1. The molecule has 4 heterocycles. The number of aliphatic hydroxyl groups excluding tert-OH is 3. The first-order valence-corrected chi connectivity index (χ1v) is 14.0. The summed E-state index contributed by atoms with van der Waals surface area (Å²) in [6.07, 6.45) is -7.08. The van der Waals surface area contributed by atoms with Gasteiger partial charge in [-0.15, -0.1) is 0 Å². The lowest BCUT2D eigenvalue weighted by molar-refractivity contribution is -0.268. The van der Waals surface area contributed by atoms with Crippen LogP contribution in [0.3, 0.4) is 0 Å². The minimum absolute atomic E-state index is 0.0243. The van der Waals surface area contributed by atoms with Crippen LogP contribution in [0.15, 0.2) is 100 Å². The summed E-state index contributed by atoms with van der Waals surface area (Å²) in [7, 11) is 0. The van der Waals surface area contributed by atoms with Crippen LogP contribution in [0.1, 0.15) is 6.92 Å². The maximum atomic E-state index is 13.3. The molecule has 13 heteroatoms. The minimum atomic E-state index is -1.68. The SMILES string of the molecule is C[C@H]1O[C@H](Oc2ccc3ccc(=O)oc3c2-c2c(O)ccc3cc(Oc4ccc5ccc(=O)oc5c4)c(=O)oc23)[C@H](O)[C@@H](O)[C@H]1O. The summed E-state index contributed by atoms with van der Waals surface area (Å²) < 4.78 is 33.8. The Morgan fingerprint density at radius 2 is 1.33 bits per heavy atom. The van der Waals surface area contributed by atoms with Crippen LogP contribution in [0.5, 0.6) is 23.0 Å². The highest BCUT2D eigenvalue weighted by Crippen LogP contribution is 2.45. The summed E-state index contributed by atoms with van der Waals surface area (Å²) in [6.45, 7) is 1.48. The van der Waals surface area contributed by atoms with E-state index in [0.717, 1.165) is 0 Å². The van der Waals surface area contributed by atoms with E-state index in [-0.39, 0.29) is 56.3 Å². The smallest absolute Gasteiger partial charge is 0.379 e. The molecule has 3 aromatic carbocycles. The molecule has 0 aliphatic carbocycles. The lowest BCUT2D eigenvalue weighted by Crippen LogP contribution is -2.58. The lowest BCUT2D eigenvalue weighted by Gasteiger charge is -2.39. The van der Waals surface area contributed by atoms with Gasteiger partial charge in [0.25, 0.3) is 0 Å². The van der Waals surface area contributed by atoms with Gasteiger partial charge >= 0.3 is 16.9 Å². The van der Waals surface area contributed by atoms with Crippen LogP contribution in [0.2, 0.25) is 0 Å². The van der Waals surface area contributed by atoms with Gasteiger partial charge in [-0.1, -0.05) is 0 Å². The largest absolute Gasteiger partial charge is 0.507 e. The second-order valence-electron chi connectivity index (χ2n) is 10.7. The van der Waals surface area contributed by atoms with Gasteiger partial charge < -0.3 is 47.9 Å². The molecule has 3 aromatic heterocycles. The van der Waals surface area contributed by atoms with Crippen molar-refractivity contribution in [2.45, 2.75) is 37.6 Å². The molecular formula is C33H24O13. The molecular weight excluding hydrogens is 604 g/mol. The molecule has 4 N–H and O–H groups in total. The first-order valence-electron chi connectivity index (χ1n) is 14.0. The zero-order valence-electron chi connectivity index (χ0n) is 23.8. The minimum Gasteiger partial charge on any atom is -0.507 e. The van der Waals surface area contributed by atoms with Crippen molar-refractivity contribution < 1.29 is 47.9 Å². The first kappa shape index (κ1) is 29.3. The fourth-order valence-electron chi connectivity index (χ4n) is 5.38. The quantitative estimate of drug-likeness (QED) is 0.203. The summed E-state index contributed by atoms with van der Waals surface area (Å²) in [6, 6.07) is 17.4. The molecule has 6 aromatic rings. The van der Waals surface area contributed by atoms with E-state index in [1.54, 1.807) is 24.3 Å². The molecule has 13 nitrogen and oxygen atoms in total. The number of aliphatic hydroxyl groups is 3. The molecule has 0 amide bonds. The van der Waals surface area contributed by atoms with Crippen LogP contribution in [-0.4, -0.2) is 51.1 Å². The van der Waals surface area contributed by atoms with Gasteiger partial charge in [-0.2, -0.15) is 0 Å². The number of rotatable bonds is 5. The molecule has 0 bridgehead atoms. The average Bonchev–Trinajstić information content (AvgIpc) is 3.03. The van der Waals surface area contributed by atoms with Crippen molar-refractivity contribution in [3.63, 3.8) is 0 Å². The summed E-state index contributed by atoms with van der Waals surface area (Å²) in [5.41, 5.74) is -2.26. The van der Waals surface area contributed by atoms with Crippen LogP contribution < -0.4 is 26.4 Å². The highest BCUT2D eigenvalue weighted by molar-refractivity contribution is 6.05. The molecule has 0 saturated carbocycles. The number of phenols is 1. The Labute approximate surface area is 256 Å². The molecule has 0 radical (unpaired) electrons. The van der Waals surface area contributed by atoms with Crippen molar-refractivity contribution in [3.05, 3.63) is 104 Å². The van der Waals surface area contributed by atoms with Gasteiger partial charge in [0.2, 0.25) is 12.0 Å². The topological polar surface area (TPSA) is 199 Å². The van der Waals surface area contributed by atoms with Crippen molar-refractivity contribution in [1.29, 1.82) is 0 Å². The highest BCUT2D eigenvalue weighted by Gasteiger charge is 2.43. The van der Waals surface area contributed by atoms with Gasteiger partial charge in [0.1, 0.15) is 46.7 Å². The second-order valence-corrected chi connectivity index (χ2v) is 10.7. The van der Waals surface area contributed by atoms with Gasteiger partial charge in [0, 0.05) is 34.4 Å². The normalized spacial score (nSPS) is 21.5. The van der Waals surface area contributed by atoms with Crippen molar-refractivity contribution >= 4 is 32.9 Å². The molecule has 0 spiro atoms. The molecule has 1 aliphatic heterocycles. The van der Waals surface area contributed by atoms with E-state index >= 15 is 0 Å². The monoisotopic (exact) mass is 628 g/mol. The number of hydrogen-bond acceptors (Lipinski definition) is 13. The Balaban J connectivity index is 1.37. The molecule has 1 saturated heterocycles. The van der Waals surface area contributed by atoms with Gasteiger partial charge in [-0.3, -0.25) is 0 Å². The molecule has 1 fully saturated rings. The van der Waals surface area contributed by atoms with Crippen LogP contribution in [0, 0.1) is 0 Å². The predicted molar refractivity (Wildman–Crippen MR) is 161 cm³/mol. The second kappa shape index (κ2) is 11.2. The van der Waals surface area contributed by atoms with Gasteiger partial charge in [0.05, 0.1) is 17.2 Å². The Hall–Kier alpha value is -5.47. The molecule has 1 aliphatic rings. The van der Waals surface area contributed by atoms with E-state index in [2.05, 4.69) is 0 Å². The summed E-state index contributed by atoms with van der Waals surface area (Å²) in [5, 5.41) is 43.6. The van der Waals surface area contributed by atoms with Crippen LogP contribution in [0.4, 0.5) is 0 Å². The standard InChI is InChI=1S/C33H24O13/c1-14-27(37)28(38)29(39)33(41-14)44-20-9-4-16-6-11-24(36)45-30(16)26(20)25-19(34)8-3-17-12-22(32(40)46-31(17)25)42-18-7-2-15-5-10-23(35)43-21(15)13-18/h2-14,27-29,33-34,37-39H,1H3/t14-,27+,28+,29-,33-/m1/s1. The van der Waals surface area contributed by atoms with Gasteiger partial charge in [-0.05, 0) is 61.5 Å². The lowest BCUT2D eigenvalue weighted by atomic mass is 9.97. The van der Waals surface area contributed by atoms with Crippen LogP contribution >= 0.6 is 0 Å². The number of ether oxygens (including phenoxy) is 3. The Morgan fingerprint density at radius 1 is 0.652 bits per heavy atom. The fraction of sp³-hybridized carbons (Fsp3) is 0.182. The molecule has 0 unspecified atom stereocenters. The average molecular weight is 629 g/mol. The van der Waals surface area contributed by atoms with E-state index in [1.165, 1.54) is 55.5 Å². The Bertz CT molecular complexity index is 2320. The highest BCUT2D eigenvalue weighted by atomic mass is 16.7. The summed E-state index contributed by atoms with van der Waals surface area (Å²) >= 11 is 0. The fourth-order valence-corrected chi connectivity index (χ4v) is 5.38. The molecule has 46 heavy (non-hydrogen) atoms. The number of benzene rings is 3. The van der Waals surface area contributed by atoms with E-state index in [1.807, 2.05) is 0 Å². The number of aromatic hydroxyl groups is 1. The van der Waals surface area contributed by atoms with Crippen molar-refractivity contribution in [2.24, 2.45) is 0 Å². The third-order valence-electron chi connectivity index (χ3n) is 7.72. The van der Waals surface area contributed by atoms with Crippen molar-refractivity contribution in [1.82, 2.24) is 0 Å². The molecule has 234 valence electrons. The predicted octanol–water partition coefficient (Wildman–Crippen LogP) is 3.38. The van der Waals surface area contributed by atoms with Gasteiger partial charge in [0.15, 0.2) is 5.58 Å². The Kier molecular flexibility index (Phi) is 7.09. The van der Waals surface area contributed by atoms with E-state index in [0.29, 0.717) is 10.8 Å². The van der Waals surface area contributed by atoms with E-state index < -0.39 is 47.6 Å². The van der Waals surface area contributed by atoms with Gasteiger partial charge in [-0.25, -0.2) is 14.4 Å². The maximum Gasteiger partial charge on any atom is 0.379 e. The van der Waals surface area contributed by atoms with Crippen molar-refractivity contribution in [3.8, 4) is 34.1 Å². The van der Waals surface area contributed by atoms with Crippen LogP contribution in [-0.2, 0) is 4.74 Å². The Morgan fingerprint density at radius 3 is 2.13 bits per heavy atom. The number of phenolic OH excluding ortho intramolecular Hbond substituents is 1. The molecule has 5 atom stereocenters. The number of hydrogen-bond donors (Lipinski definition) is 4. The zero-order chi connectivity index (χ0) is 32.3. The summed E-state index contributed by atoms with van der Waals surface area (Å²) in [5.74, 6) is -0.494. The maximum absolute atomic E-state index is 13.3.